The van der Waals surface area contributed by atoms with Crippen LogP contribution in [0.15, 0.2) is 18.3 Å². The molecule has 1 aromatic heterocycles. The molecule has 2 rings (SSSR count). The second-order valence-corrected chi connectivity index (χ2v) is 3.95. The lowest BCUT2D eigenvalue weighted by Gasteiger charge is -2.17. The minimum absolute atomic E-state index is 0. The molecule has 2 N–H and O–H groups in total. The molecular weight excluding hydrogens is 256 g/mol. The lowest BCUT2D eigenvalue weighted by molar-refractivity contribution is -0.131. The molecule has 96 valence electrons. The molecular formula is C12H13ClN2O3. The third kappa shape index (κ3) is 3.07. The number of carboxylic acids is 1. The van der Waals surface area contributed by atoms with E-state index in [0.29, 0.717) is 24.2 Å². The molecule has 0 radical (unpaired) electrons. The summed E-state index contributed by atoms with van der Waals surface area (Å²) in [5, 5.41) is 11.6. The van der Waals surface area contributed by atoms with E-state index in [1.165, 1.54) is 0 Å². The lowest BCUT2D eigenvalue weighted by atomic mass is 10.0. The molecule has 0 aromatic carbocycles. The highest BCUT2D eigenvalue weighted by Crippen LogP contribution is 2.23. The van der Waals surface area contributed by atoms with Crippen LogP contribution in [0.2, 0.25) is 0 Å². The zero-order valence-electron chi connectivity index (χ0n) is 9.77. The van der Waals surface area contributed by atoms with E-state index < -0.39 is 5.97 Å². The number of halogens is 1. The summed E-state index contributed by atoms with van der Waals surface area (Å²) in [4.78, 5) is 25.9. The third-order valence-corrected chi connectivity index (χ3v) is 2.61. The number of nitrogens with zero attached hydrogens (tertiary/aromatic N) is 1. The van der Waals surface area contributed by atoms with Gasteiger partial charge in [-0.2, -0.15) is 0 Å². The van der Waals surface area contributed by atoms with Gasteiger partial charge in [0.05, 0.1) is 24.3 Å². The second kappa shape index (κ2) is 5.64. The second-order valence-electron chi connectivity index (χ2n) is 3.95. The minimum Gasteiger partial charge on any atom is -0.478 e. The molecule has 1 aliphatic heterocycles. The Bertz CT molecular complexity index is 526. The molecule has 0 saturated heterocycles. The number of allylic oxidation sites excluding steroid dienone is 1. The van der Waals surface area contributed by atoms with Gasteiger partial charge in [0, 0.05) is 12.3 Å². The normalized spacial score (nSPS) is 14.3. The molecule has 1 aliphatic rings. The molecule has 1 aromatic rings. The van der Waals surface area contributed by atoms with Crippen LogP contribution >= 0.6 is 12.4 Å². The van der Waals surface area contributed by atoms with Crippen molar-refractivity contribution < 1.29 is 14.7 Å². The fourth-order valence-corrected chi connectivity index (χ4v) is 1.71. The molecule has 0 amide bonds. The molecule has 18 heavy (non-hydrogen) atoms. The van der Waals surface area contributed by atoms with Crippen molar-refractivity contribution in [1.82, 2.24) is 4.98 Å². The number of rotatable bonds is 2. The highest BCUT2D eigenvalue weighted by molar-refractivity contribution is 5.91. The van der Waals surface area contributed by atoms with Crippen LogP contribution in [0.4, 0.5) is 5.69 Å². The maximum Gasteiger partial charge on any atom is 0.328 e. The summed E-state index contributed by atoms with van der Waals surface area (Å²) in [5.74, 6) is -0.876. The first-order valence-electron chi connectivity index (χ1n) is 5.22. The number of hydrogen-bond acceptors (Lipinski definition) is 4. The van der Waals surface area contributed by atoms with Gasteiger partial charge in [-0.15, -0.1) is 12.4 Å². The summed E-state index contributed by atoms with van der Waals surface area (Å²) in [7, 11) is 0. The molecule has 0 atom stereocenters. The first-order chi connectivity index (χ1) is 8.06. The predicted molar refractivity (Wildman–Crippen MR) is 70.0 cm³/mol. The largest absolute Gasteiger partial charge is 0.478 e. The Labute approximate surface area is 110 Å². The number of fused-ring (bicyclic) bond motifs is 1. The summed E-state index contributed by atoms with van der Waals surface area (Å²) in [5.41, 5.74) is 2.90. The monoisotopic (exact) mass is 268 g/mol. The van der Waals surface area contributed by atoms with E-state index in [-0.39, 0.29) is 18.2 Å². The van der Waals surface area contributed by atoms with Crippen LogP contribution in [0.1, 0.15) is 18.2 Å². The van der Waals surface area contributed by atoms with Crippen molar-refractivity contribution in [3.05, 3.63) is 29.6 Å². The summed E-state index contributed by atoms with van der Waals surface area (Å²) in [6.45, 7) is 2.02. The van der Waals surface area contributed by atoms with Crippen LogP contribution in [-0.2, 0) is 16.0 Å². The number of nitrogens with one attached hydrogen (secondary N) is 1. The van der Waals surface area contributed by atoms with Crippen molar-refractivity contribution in [2.75, 3.05) is 11.9 Å². The van der Waals surface area contributed by atoms with Crippen molar-refractivity contribution in [2.45, 2.75) is 13.3 Å². The molecule has 0 saturated carbocycles. The highest BCUT2D eigenvalue weighted by Gasteiger charge is 2.16. The summed E-state index contributed by atoms with van der Waals surface area (Å²) < 4.78 is 0. The first kappa shape index (κ1) is 14.2. The fourth-order valence-electron chi connectivity index (χ4n) is 1.71. The first-order valence-corrected chi connectivity index (χ1v) is 5.22. The van der Waals surface area contributed by atoms with Crippen LogP contribution in [-0.4, -0.2) is 28.4 Å². The number of carbonyl (C=O) groups is 2. The van der Waals surface area contributed by atoms with Crippen LogP contribution < -0.4 is 5.32 Å². The van der Waals surface area contributed by atoms with Gasteiger partial charge >= 0.3 is 5.97 Å². The average Bonchev–Trinajstić information content (AvgIpc) is 2.27. The Balaban J connectivity index is 0.00000162. The number of Topliss-reactive ketones (excluding diaryl/α,β-unsaturated/α-hetero) is 1. The number of carbonyl (C=O) groups excluding carboxylic acids is 1. The number of pyridine rings is 1. The molecule has 6 heteroatoms. The molecule has 0 aliphatic carbocycles. The van der Waals surface area contributed by atoms with E-state index in [2.05, 4.69) is 10.3 Å². The summed E-state index contributed by atoms with van der Waals surface area (Å²) in [6, 6.07) is 1.82. The molecule has 0 spiro atoms. The SMILES string of the molecule is C/C(=C\C(=O)O)c1cnc2c(c1)NCC(=O)C2.Cl. The van der Waals surface area contributed by atoms with Crippen molar-refractivity contribution in [2.24, 2.45) is 0 Å². The maximum atomic E-state index is 11.2. The smallest absolute Gasteiger partial charge is 0.328 e. The minimum atomic E-state index is -0.983. The van der Waals surface area contributed by atoms with Gasteiger partial charge in [0.25, 0.3) is 0 Å². The van der Waals surface area contributed by atoms with Gasteiger partial charge in [-0.05, 0) is 24.1 Å². The van der Waals surface area contributed by atoms with E-state index in [1.54, 1.807) is 13.1 Å². The molecule has 0 fully saturated rings. The van der Waals surface area contributed by atoms with Crippen LogP contribution in [0.5, 0.6) is 0 Å². The predicted octanol–water partition coefficient (Wildman–Crippen LogP) is 1.53. The van der Waals surface area contributed by atoms with Gasteiger partial charge in [-0.1, -0.05) is 0 Å². The summed E-state index contributed by atoms with van der Waals surface area (Å²) in [6.07, 6.45) is 3.07. The number of aliphatic carboxylic acids is 1. The van der Waals surface area contributed by atoms with Gasteiger partial charge in [-0.25, -0.2) is 4.79 Å². The van der Waals surface area contributed by atoms with Crippen LogP contribution in [0.25, 0.3) is 5.57 Å². The molecule has 0 bridgehead atoms. The number of carboxylic acid groups (broad SMARTS) is 1. The Morgan fingerprint density at radius 3 is 2.94 bits per heavy atom. The van der Waals surface area contributed by atoms with Gasteiger partial charge in [0.2, 0.25) is 0 Å². The zero-order valence-corrected chi connectivity index (χ0v) is 10.6. The lowest BCUT2D eigenvalue weighted by Crippen LogP contribution is -2.23. The summed E-state index contributed by atoms with van der Waals surface area (Å²) >= 11 is 0. The van der Waals surface area contributed by atoms with E-state index >= 15 is 0 Å². The van der Waals surface area contributed by atoms with Gasteiger partial charge in [-0.3, -0.25) is 9.78 Å². The third-order valence-electron chi connectivity index (χ3n) is 2.61. The van der Waals surface area contributed by atoms with Crippen molar-refractivity contribution >= 4 is 35.4 Å². The topological polar surface area (TPSA) is 79.3 Å². The molecule has 0 unspecified atom stereocenters. The Morgan fingerprint density at radius 2 is 2.28 bits per heavy atom. The number of anilines is 1. The standard InChI is InChI=1S/C12H12N2O3.ClH/c1-7(2-12(16)17)8-3-10-11(13-5-8)4-9(15)6-14-10;/h2-3,5,14H,4,6H2,1H3,(H,16,17);1H/b7-2+;. The number of aromatic nitrogens is 1. The van der Waals surface area contributed by atoms with Gasteiger partial charge in [0.15, 0.2) is 5.78 Å². The van der Waals surface area contributed by atoms with Gasteiger partial charge < -0.3 is 10.4 Å². The molecule has 2 heterocycles. The van der Waals surface area contributed by atoms with Crippen LogP contribution in [0.3, 0.4) is 0 Å². The maximum absolute atomic E-state index is 11.2. The van der Waals surface area contributed by atoms with E-state index in [4.69, 9.17) is 5.11 Å². The van der Waals surface area contributed by atoms with Gasteiger partial charge in [0.1, 0.15) is 0 Å². The number of hydrogen-bond donors (Lipinski definition) is 2. The fraction of sp³-hybridized carbons (Fsp3) is 0.250. The average molecular weight is 269 g/mol. The number of ketones is 1. The van der Waals surface area contributed by atoms with Crippen molar-refractivity contribution in [3.8, 4) is 0 Å². The van der Waals surface area contributed by atoms with E-state index in [9.17, 15) is 9.59 Å². The Kier molecular flexibility index (Phi) is 4.44. The van der Waals surface area contributed by atoms with Crippen molar-refractivity contribution in [1.29, 1.82) is 0 Å². The van der Waals surface area contributed by atoms with Crippen molar-refractivity contribution in [3.63, 3.8) is 0 Å². The Hall–Kier alpha value is -1.88. The highest BCUT2D eigenvalue weighted by atomic mass is 35.5. The van der Waals surface area contributed by atoms with E-state index in [1.807, 2.05) is 6.07 Å². The quantitative estimate of drug-likeness (QED) is 0.795. The molecule has 5 nitrogen and oxygen atoms in total. The zero-order chi connectivity index (χ0) is 12.4. The van der Waals surface area contributed by atoms with Crippen LogP contribution in [0, 0.1) is 0 Å². The Morgan fingerprint density at radius 1 is 1.56 bits per heavy atom. The van der Waals surface area contributed by atoms with E-state index in [0.717, 1.165) is 17.3 Å².